The number of aromatic nitrogens is 4. The Morgan fingerprint density at radius 2 is 2.00 bits per heavy atom. The first-order valence-corrected chi connectivity index (χ1v) is 8.78. The van der Waals surface area contributed by atoms with E-state index in [1.165, 1.54) is 12.1 Å². The first-order chi connectivity index (χ1) is 12.7. The van der Waals surface area contributed by atoms with Crippen LogP contribution in [-0.2, 0) is 13.0 Å². The first-order valence-electron chi connectivity index (χ1n) is 8.78. The molecule has 2 aliphatic heterocycles. The summed E-state index contributed by atoms with van der Waals surface area (Å²) in [4.78, 5) is 1.99. The van der Waals surface area contributed by atoms with Crippen LogP contribution in [0.5, 0.6) is 0 Å². The zero-order valence-electron chi connectivity index (χ0n) is 14.3. The Morgan fingerprint density at radius 1 is 1.19 bits per heavy atom. The summed E-state index contributed by atoms with van der Waals surface area (Å²) in [6.07, 6.45) is 4.19. The van der Waals surface area contributed by atoms with Crippen LogP contribution in [0.25, 0.3) is 11.3 Å². The molecule has 1 atom stereocenters. The lowest BCUT2D eigenvalue weighted by Crippen LogP contribution is -2.39. The lowest BCUT2D eigenvalue weighted by atomic mass is 10.0. The number of nitrogens with zero attached hydrogens (tertiary/aromatic N) is 4. The number of nitrogens with one attached hydrogen (secondary N) is 2. The topological polar surface area (TPSA) is 61.8 Å². The monoisotopic (exact) mass is 356 g/mol. The summed E-state index contributed by atoms with van der Waals surface area (Å²) in [7, 11) is 0. The van der Waals surface area contributed by atoms with Crippen molar-refractivity contribution in [2.24, 2.45) is 0 Å². The largest absolute Gasteiger partial charge is 0.358 e. The molecule has 0 amide bonds. The molecule has 2 aliphatic rings. The van der Waals surface area contributed by atoms with E-state index < -0.39 is 17.8 Å². The second-order valence-electron chi connectivity index (χ2n) is 6.68. The molecular weight excluding hydrogens is 338 g/mol. The molecule has 1 aromatic carbocycles. The van der Waals surface area contributed by atoms with Crippen LogP contribution >= 0.6 is 0 Å². The smallest absolute Gasteiger partial charge is 0.138 e. The van der Waals surface area contributed by atoms with Crippen molar-refractivity contribution < 1.29 is 8.78 Å². The van der Waals surface area contributed by atoms with E-state index in [1.807, 2.05) is 16.5 Å². The number of halogens is 2. The van der Waals surface area contributed by atoms with Crippen LogP contribution in [0.3, 0.4) is 0 Å². The fraction of sp³-hybridized carbons (Fsp3) is 0.333. The highest BCUT2D eigenvalue weighted by atomic mass is 19.1. The molecule has 0 spiro atoms. The SMILES string of the molecule is CCc1cc(F)c(C2Nc3cn[nH]c3-c3cnn4c3N2CCC4)c(F)c1. The Balaban J connectivity index is 1.73. The Bertz CT molecular complexity index is 968. The molecule has 26 heavy (non-hydrogen) atoms. The summed E-state index contributed by atoms with van der Waals surface area (Å²) in [5.41, 5.74) is 3.05. The normalized spacial score (nSPS) is 18.1. The minimum atomic E-state index is -0.672. The lowest BCUT2D eigenvalue weighted by Gasteiger charge is -2.36. The molecule has 0 saturated carbocycles. The van der Waals surface area contributed by atoms with Gasteiger partial charge in [-0.2, -0.15) is 10.2 Å². The fourth-order valence-corrected chi connectivity index (χ4v) is 3.93. The molecule has 2 aromatic heterocycles. The van der Waals surface area contributed by atoms with Crippen LogP contribution in [0.1, 0.15) is 30.6 Å². The summed E-state index contributed by atoms with van der Waals surface area (Å²) in [6, 6.07) is 2.84. The van der Waals surface area contributed by atoms with E-state index in [4.69, 9.17) is 0 Å². The molecule has 0 aliphatic carbocycles. The van der Waals surface area contributed by atoms with Crippen molar-refractivity contribution in [3.8, 4) is 11.3 Å². The van der Waals surface area contributed by atoms with Crippen LogP contribution in [0.4, 0.5) is 20.3 Å². The lowest BCUT2D eigenvalue weighted by molar-refractivity contribution is 0.471. The van der Waals surface area contributed by atoms with Gasteiger partial charge in [0.05, 0.1) is 34.9 Å². The van der Waals surface area contributed by atoms with E-state index in [2.05, 4.69) is 20.6 Å². The predicted octanol–water partition coefficient (Wildman–Crippen LogP) is 3.45. The maximum Gasteiger partial charge on any atom is 0.138 e. The number of hydrogen-bond acceptors (Lipinski definition) is 4. The van der Waals surface area contributed by atoms with Gasteiger partial charge in [-0.1, -0.05) is 6.92 Å². The average Bonchev–Trinajstić information content (AvgIpc) is 3.23. The second-order valence-corrected chi connectivity index (χ2v) is 6.68. The van der Waals surface area contributed by atoms with Gasteiger partial charge in [0, 0.05) is 13.1 Å². The van der Waals surface area contributed by atoms with Gasteiger partial charge in [0.1, 0.15) is 23.6 Å². The average molecular weight is 356 g/mol. The van der Waals surface area contributed by atoms with Gasteiger partial charge >= 0.3 is 0 Å². The fourth-order valence-electron chi connectivity index (χ4n) is 3.93. The third-order valence-electron chi connectivity index (χ3n) is 5.19. The highest BCUT2D eigenvalue weighted by Gasteiger charge is 2.36. The number of anilines is 2. The Morgan fingerprint density at radius 3 is 2.77 bits per heavy atom. The quantitative estimate of drug-likeness (QED) is 0.738. The number of hydrogen-bond donors (Lipinski definition) is 2. The van der Waals surface area contributed by atoms with Gasteiger partial charge in [-0.05, 0) is 30.5 Å². The van der Waals surface area contributed by atoms with Crippen LogP contribution in [-0.4, -0.2) is 26.5 Å². The van der Waals surface area contributed by atoms with Gasteiger partial charge in [0.15, 0.2) is 0 Å². The van der Waals surface area contributed by atoms with E-state index in [9.17, 15) is 8.78 Å². The summed E-state index contributed by atoms with van der Waals surface area (Å²) in [5, 5.41) is 14.8. The molecule has 5 rings (SSSR count). The van der Waals surface area contributed by atoms with Gasteiger partial charge in [0.25, 0.3) is 0 Å². The molecule has 0 fully saturated rings. The summed E-state index contributed by atoms with van der Waals surface area (Å²) in [6.45, 7) is 3.34. The first kappa shape index (κ1) is 15.4. The van der Waals surface area contributed by atoms with Gasteiger partial charge in [-0.3, -0.25) is 5.10 Å². The summed E-state index contributed by atoms with van der Waals surface area (Å²) < 4.78 is 31.7. The highest BCUT2D eigenvalue weighted by molar-refractivity contribution is 5.84. The minimum Gasteiger partial charge on any atom is -0.358 e. The summed E-state index contributed by atoms with van der Waals surface area (Å²) in [5.74, 6) is -0.218. The maximum atomic E-state index is 14.9. The Labute approximate surface area is 148 Å². The Hall–Kier alpha value is -2.90. The third kappa shape index (κ3) is 2.07. The number of aryl methyl sites for hydroxylation is 2. The van der Waals surface area contributed by atoms with E-state index >= 15 is 0 Å². The molecule has 6 nitrogen and oxygen atoms in total. The van der Waals surface area contributed by atoms with Crippen molar-refractivity contribution in [2.45, 2.75) is 32.5 Å². The number of fused-ring (bicyclic) bond motifs is 2. The zero-order chi connectivity index (χ0) is 17.8. The molecule has 134 valence electrons. The van der Waals surface area contributed by atoms with Crippen molar-refractivity contribution in [3.63, 3.8) is 0 Å². The van der Waals surface area contributed by atoms with E-state index in [0.29, 0.717) is 24.2 Å². The predicted molar refractivity (Wildman–Crippen MR) is 93.9 cm³/mol. The number of benzene rings is 1. The molecule has 0 bridgehead atoms. The van der Waals surface area contributed by atoms with Crippen molar-refractivity contribution in [3.05, 3.63) is 47.3 Å². The molecule has 4 heterocycles. The Kier molecular flexibility index (Phi) is 3.28. The van der Waals surface area contributed by atoms with E-state index in [-0.39, 0.29) is 5.56 Å². The van der Waals surface area contributed by atoms with Crippen LogP contribution < -0.4 is 10.2 Å². The molecule has 2 N–H and O–H groups in total. The van der Waals surface area contributed by atoms with Crippen LogP contribution in [0, 0.1) is 11.6 Å². The number of H-pyrrole nitrogens is 1. The van der Waals surface area contributed by atoms with Crippen molar-refractivity contribution >= 4 is 11.5 Å². The molecular formula is C18H18F2N6. The summed E-state index contributed by atoms with van der Waals surface area (Å²) >= 11 is 0. The molecule has 8 heteroatoms. The number of aromatic amines is 1. The van der Waals surface area contributed by atoms with Crippen LogP contribution in [0.15, 0.2) is 24.5 Å². The second kappa shape index (κ2) is 5.55. The van der Waals surface area contributed by atoms with E-state index in [1.54, 1.807) is 12.4 Å². The highest BCUT2D eigenvalue weighted by Crippen LogP contribution is 2.44. The molecule has 3 aromatic rings. The molecule has 1 unspecified atom stereocenters. The van der Waals surface area contributed by atoms with Gasteiger partial charge in [-0.25, -0.2) is 13.5 Å². The van der Waals surface area contributed by atoms with Crippen molar-refractivity contribution in [1.82, 2.24) is 20.0 Å². The van der Waals surface area contributed by atoms with Gasteiger partial charge in [-0.15, -0.1) is 0 Å². The standard InChI is InChI=1S/C18H18F2N6/c1-2-10-6-12(19)15(13(20)7-10)17-23-14-9-21-24-16(14)11-8-22-26-5-3-4-25(17)18(11)26/h6-9,17,23H,2-5H2,1H3,(H,21,24). The van der Waals surface area contributed by atoms with E-state index in [0.717, 1.165) is 30.0 Å². The zero-order valence-corrected chi connectivity index (χ0v) is 14.3. The third-order valence-corrected chi connectivity index (χ3v) is 5.19. The number of rotatable bonds is 2. The van der Waals surface area contributed by atoms with Crippen molar-refractivity contribution in [1.29, 1.82) is 0 Å². The molecule has 0 saturated heterocycles. The van der Waals surface area contributed by atoms with Crippen LogP contribution in [0.2, 0.25) is 0 Å². The van der Waals surface area contributed by atoms with Gasteiger partial charge in [0.2, 0.25) is 0 Å². The molecule has 0 radical (unpaired) electrons. The van der Waals surface area contributed by atoms with Crippen molar-refractivity contribution in [2.75, 3.05) is 16.8 Å². The van der Waals surface area contributed by atoms with Gasteiger partial charge < -0.3 is 10.2 Å². The minimum absolute atomic E-state index is 0.0249. The maximum absolute atomic E-state index is 14.9.